The average molecular weight is 215 g/mol. The Morgan fingerprint density at radius 3 is 3.18 bits per heavy atom. The minimum Gasteiger partial charge on any atom is -0.420 e. The monoisotopic (exact) mass is 214 g/mol. The van der Waals surface area contributed by atoms with Gasteiger partial charge >= 0.3 is 5.88 Å². The fourth-order valence-electron chi connectivity index (χ4n) is 1.24. The Labute approximate surface area is 73.9 Å². The van der Waals surface area contributed by atoms with E-state index in [0.717, 1.165) is 12.4 Å². The third-order valence-corrected chi connectivity index (χ3v) is 2.08. The lowest BCUT2D eigenvalue weighted by molar-refractivity contribution is -0.682. The van der Waals surface area contributed by atoms with E-state index in [1.54, 1.807) is 0 Å². The van der Waals surface area contributed by atoms with Crippen molar-refractivity contribution in [2.45, 2.75) is 18.0 Å². The third-order valence-electron chi connectivity index (χ3n) is 1.67. The van der Waals surface area contributed by atoms with E-state index in [2.05, 4.69) is 20.5 Å². The zero-order valence-corrected chi connectivity index (χ0v) is 7.84. The summed E-state index contributed by atoms with van der Waals surface area (Å²) in [5.74, 6) is 0.923. The van der Waals surface area contributed by atoms with Gasteiger partial charge in [-0.2, -0.15) is 4.57 Å². The minimum absolute atomic E-state index is 0.221. The number of hydrogen-bond acceptors (Lipinski definition) is 1. The van der Waals surface area contributed by atoms with E-state index >= 15 is 0 Å². The maximum absolute atomic E-state index is 5.57. The summed E-state index contributed by atoms with van der Waals surface area (Å²) < 4.78 is 7.43. The van der Waals surface area contributed by atoms with Crippen LogP contribution in [0, 0.1) is 0 Å². The van der Waals surface area contributed by atoms with Gasteiger partial charge in [-0.25, -0.2) is 0 Å². The van der Waals surface area contributed by atoms with Crippen molar-refractivity contribution in [3.63, 3.8) is 0 Å². The van der Waals surface area contributed by atoms with Crippen molar-refractivity contribution in [2.24, 2.45) is 0 Å². The van der Waals surface area contributed by atoms with Gasteiger partial charge < -0.3 is 4.74 Å². The van der Waals surface area contributed by atoms with Gasteiger partial charge in [-0.1, -0.05) is 0 Å². The number of rotatable bonds is 0. The van der Waals surface area contributed by atoms with Crippen LogP contribution in [0.2, 0.25) is 0 Å². The fraction of sp³-hybridized carbons (Fsp3) is 0.375. The average Bonchev–Trinajstić information content (AvgIpc) is 2.21. The van der Waals surface area contributed by atoms with Crippen LogP contribution in [0.4, 0.5) is 0 Å². The van der Waals surface area contributed by atoms with E-state index in [-0.39, 0.29) is 4.51 Å². The van der Waals surface area contributed by atoms with Gasteiger partial charge in [-0.3, -0.25) is 0 Å². The molecule has 1 aromatic rings. The van der Waals surface area contributed by atoms with Crippen LogP contribution in [-0.2, 0) is 6.54 Å². The van der Waals surface area contributed by atoms with Crippen LogP contribution in [0.25, 0.3) is 0 Å². The first-order valence-electron chi connectivity index (χ1n) is 3.54. The quantitative estimate of drug-likeness (QED) is 0.472. The number of hydrogen-bond donors (Lipinski definition) is 0. The molecule has 3 heteroatoms. The van der Waals surface area contributed by atoms with E-state index < -0.39 is 0 Å². The van der Waals surface area contributed by atoms with E-state index in [1.165, 1.54) is 0 Å². The number of aromatic nitrogens is 1. The van der Waals surface area contributed by atoms with E-state index in [4.69, 9.17) is 4.74 Å². The van der Waals surface area contributed by atoms with E-state index in [0.29, 0.717) is 0 Å². The van der Waals surface area contributed by atoms with Crippen molar-refractivity contribution in [1.29, 1.82) is 0 Å². The number of alkyl halides is 1. The van der Waals surface area contributed by atoms with Gasteiger partial charge in [0.2, 0.25) is 11.1 Å². The number of nitrogens with zero attached hydrogens (tertiary/aromatic N) is 1. The highest BCUT2D eigenvalue weighted by Gasteiger charge is 2.38. The second kappa shape index (κ2) is 2.21. The smallest absolute Gasteiger partial charge is 0.369 e. The topological polar surface area (TPSA) is 13.1 Å². The molecular formula is C8H9BrNO+. The molecule has 0 amide bonds. The molecule has 2 rings (SSSR count). The zero-order chi connectivity index (χ0) is 7.90. The first kappa shape index (κ1) is 7.10. The van der Waals surface area contributed by atoms with Gasteiger partial charge in [0.1, 0.15) is 0 Å². The number of pyridine rings is 1. The highest BCUT2D eigenvalue weighted by molar-refractivity contribution is 9.10. The van der Waals surface area contributed by atoms with Crippen LogP contribution in [0.15, 0.2) is 24.4 Å². The summed E-state index contributed by atoms with van der Waals surface area (Å²) >= 11 is 3.48. The van der Waals surface area contributed by atoms with Crippen LogP contribution in [0.1, 0.15) is 6.92 Å². The summed E-state index contributed by atoms with van der Waals surface area (Å²) in [6.07, 6.45) is 2.02. The molecule has 2 heterocycles. The molecule has 58 valence electrons. The number of halogens is 1. The second-order valence-corrected chi connectivity index (χ2v) is 4.55. The second-order valence-electron chi connectivity index (χ2n) is 2.87. The number of ether oxygens (including phenoxy) is 1. The summed E-state index contributed by atoms with van der Waals surface area (Å²) in [4.78, 5) is 0. The molecule has 1 aliphatic heterocycles. The molecule has 1 unspecified atom stereocenters. The first-order valence-corrected chi connectivity index (χ1v) is 4.33. The molecule has 1 aliphatic rings. The molecule has 0 aliphatic carbocycles. The molecule has 0 spiro atoms. The summed E-state index contributed by atoms with van der Waals surface area (Å²) in [6.45, 7) is 2.88. The van der Waals surface area contributed by atoms with Gasteiger partial charge in [-0.05, 0) is 28.9 Å². The normalized spacial score (nSPS) is 27.8. The van der Waals surface area contributed by atoms with Crippen molar-refractivity contribution in [3.05, 3.63) is 24.4 Å². The lowest BCUT2D eigenvalue weighted by Crippen LogP contribution is -2.34. The van der Waals surface area contributed by atoms with Gasteiger partial charge in [0.05, 0.1) is 6.07 Å². The lowest BCUT2D eigenvalue weighted by Gasteiger charge is -2.07. The van der Waals surface area contributed by atoms with Crippen molar-refractivity contribution in [2.75, 3.05) is 0 Å². The molecular weight excluding hydrogens is 206 g/mol. The van der Waals surface area contributed by atoms with Crippen LogP contribution >= 0.6 is 15.9 Å². The van der Waals surface area contributed by atoms with E-state index in [1.807, 2.05) is 31.3 Å². The Kier molecular flexibility index (Phi) is 1.42. The maximum atomic E-state index is 5.57. The van der Waals surface area contributed by atoms with Gasteiger partial charge in [-0.15, -0.1) is 0 Å². The third kappa shape index (κ3) is 1.25. The number of fused-ring (bicyclic) bond motifs is 1. The van der Waals surface area contributed by atoms with Crippen molar-refractivity contribution < 1.29 is 9.30 Å². The molecule has 0 bridgehead atoms. The van der Waals surface area contributed by atoms with Crippen LogP contribution in [0.3, 0.4) is 0 Å². The summed E-state index contributed by atoms with van der Waals surface area (Å²) in [6, 6.07) is 5.94. The molecule has 1 aromatic heterocycles. The molecule has 0 aromatic carbocycles. The SMILES string of the molecule is CC1(Br)C[n+]2ccccc2O1. The Hall–Kier alpha value is -0.570. The van der Waals surface area contributed by atoms with Gasteiger partial charge in [0.15, 0.2) is 6.20 Å². The Morgan fingerprint density at radius 1 is 1.64 bits per heavy atom. The maximum Gasteiger partial charge on any atom is 0.369 e. The molecule has 0 fully saturated rings. The van der Waals surface area contributed by atoms with Gasteiger partial charge in [0, 0.05) is 6.07 Å². The molecule has 2 nitrogen and oxygen atoms in total. The molecule has 1 atom stereocenters. The molecule has 0 saturated heterocycles. The minimum atomic E-state index is -0.221. The molecule has 0 saturated carbocycles. The lowest BCUT2D eigenvalue weighted by atomic mass is 10.4. The summed E-state index contributed by atoms with van der Waals surface area (Å²) in [5.41, 5.74) is 0. The highest BCUT2D eigenvalue weighted by atomic mass is 79.9. The van der Waals surface area contributed by atoms with Crippen LogP contribution < -0.4 is 9.30 Å². The summed E-state index contributed by atoms with van der Waals surface area (Å²) in [7, 11) is 0. The zero-order valence-electron chi connectivity index (χ0n) is 6.25. The van der Waals surface area contributed by atoms with Gasteiger partial charge in [0.25, 0.3) is 0 Å². The first-order chi connectivity index (χ1) is 5.17. The van der Waals surface area contributed by atoms with Crippen LogP contribution in [0.5, 0.6) is 5.88 Å². The van der Waals surface area contributed by atoms with Crippen molar-refractivity contribution in [3.8, 4) is 5.88 Å². The van der Waals surface area contributed by atoms with Crippen molar-refractivity contribution in [1.82, 2.24) is 0 Å². The molecule has 0 radical (unpaired) electrons. The standard InChI is InChI=1S/C8H9BrNO/c1-8(9)6-10-5-3-2-4-7(10)11-8/h2-5H,6H2,1H3/q+1. The van der Waals surface area contributed by atoms with Crippen molar-refractivity contribution >= 4 is 15.9 Å². The molecule has 11 heavy (non-hydrogen) atoms. The largest absolute Gasteiger partial charge is 0.420 e. The Balaban J connectivity index is 2.41. The predicted molar refractivity (Wildman–Crippen MR) is 44.6 cm³/mol. The molecule has 0 N–H and O–H groups in total. The highest BCUT2D eigenvalue weighted by Crippen LogP contribution is 2.26. The Morgan fingerprint density at radius 2 is 2.45 bits per heavy atom. The van der Waals surface area contributed by atoms with E-state index in [9.17, 15) is 0 Å². The van der Waals surface area contributed by atoms with Crippen LogP contribution in [-0.4, -0.2) is 4.51 Å². The Bertz CT molecular complexity index is 258. The fourth-order valence-corrected chi connectivity index (χ4v) is 1.67. The predicted octanol–water partition coefficient (Wildman–Crippen LogP) is 1.48. The summed E-state index contributed by atoms with van der Waals surface area (Å²) in [5, 5.41) is 0.